The van der Waals surface area contributed by atoms with Crippen LogP contribution >= 0.6 is 0 Å². The first kappa shape index (κ1) is 18.7. The maximum absolute atomic E-state index is 13.6. The maximum Gasteiger partial charge on any atom is 0.261 e. The molecule has 2 rings (SSSR count). The minimum Gasteiger partial charge on any atom is -0.372 e. The lowest BCUT2D eigenvalue weighted by Crippen LogP contribution is -2.22. The number of halogens is 5. The summed E-state index contributed by atoms with van der Waals surface area (Å²) in [6.45, 7) is 5.43. The Balaban J connectivity index is 2.29. The molecule has 134 valence electrons. The topological polar surface area (TPSA) is 32.3 Å². The lowest BCUT2D eigenvalue weighted by Gasteiger charge is -2.21. The van der Waals surface area contributed by atoms with Crippen molar-refractivity contribution in [1.29, 1.82) is 0 Å². The van der Waals surface area contributed by atoms with Gasteiger partial charge >= 0.3 is 0 Å². The molecule has 1 amide bonds. The second-order valence-electron chi connectivity index (χ2n) is 5.12. The van der Waals surface area contributed by atoms with E-state index >= 15 is 0 Å². The van der Waals surface area contributed by atoms with Crippen molar-refractivity contribution in [2.24, 2.45) is 0 Å². The van der Waals surface area contributed by atoms with Crippen molar-refractivity contribution in [3.8, 4) is 0 Å². The van der Waals surface area contributed by atoms with Crippen molar-refractivity contribution in [3.05, 3.63) is 58.9 Å². The van der Waals surface area contributed by atoms with E-state index in [1.807, 2.05) is 18.7 Å². The number of carbonyl (C=O) groups is 1. The Morgan fingerprint density at radius 3 is 1.72 bits per heavy atom. The number of anilines is 2. The van der Waals surface area contributed by atoms with E-state index in [0.717, 1.165) is 18.8 Å². The highest BCUT2D eigenvalue weighted by Crippen LogP contribution is 2.24. The Morgan fingerprint density at radius 1 is 0.840 bits per heavy atom. The van der Waals surface area contributed by atoms with Gasteiger partial charge < -0.3 is 10.2 Å². The lowest BCUT2D eigenvalue weighted by molar-refractivity contribution is 0.101. The first-order valence-electron chi connectivity index (χ1n) is 7.49. The van der Waals surface area contributed by atoms with E-state index in [4.69, 9.17) is 0 Å². The predicted molar refractivity (Wildman–Crippen MR) is 84.2 cm³/mol. The molecule has 0 aromatic heterocycles. The van der Waals surface area contributed by atoms with E-state index in [-0.39, 0.29) is 5.69 Å². The largest absolute Gasteiger partial charge is 0.372 e. The SMILES string of the molecule is CCN(CC)c1ccc(NC(=O)c2c(F)c(F)c(F)c(F)c2F)cc1. The van der Waals surface area contributed by atoms with Gasteiger partial charge in [-0.3, -0.25) is 4.79 Å². The Kier molecular flexibility index (Phi) is 5.61. The Morgan fingerprint density at radius 2 is 1.28 bits per heavy atom. The standard InChI is InChI=1S/C17H15F5N2O/c1-3-24(4-2)10-7-5-9(6-8-10)23-17(25)11-12(18)14(20)16(22)15(21)13(11)19/h5-8H,3-4H2,1-2H3,(H,23,25). The number of nitrogens with one attached hydrogen (secondary N) is 1. The minimum absolute atomic E-state index is 0.157. The number of hydrogen-bond donors (Lipinski definition) is 1. The van der Waals surface area contributed by atoms with Gasteiger partial charge in [0.2, 0.25) is 5.82 Å². The van der Waals surface area contributed by atoms with E-state index < -0.39 is 40.6 Å². The Hall–Kier alpha value is -2.64. The van der Waals surface area contributed by atoms with Crippen molar-refractivity contribution in [1.82, 2.24) is 0 Å². The van der Waals surface area contributed by atoms with Crippen LogP contribution in [-0.2, 0) is 0 Å². The molecule has 0 saturated heterocycles. The zero-order chi connectivity index (χ0) is 18.7. The van der Waals surface area contributed by atoms with E-state index in [0.29, 0.717) is 0 Å². The van der Waals surface area contributed by atoms with Crippen LogP contribution in [0.4, 0.5) is 33.3 Å². The van der Waals surface area contributed by atoms with Crippen molar-refractivity contribution >= 4 is 17.3 Å². The summed E-state index contributed by atoms with van der Waals surface area (Å²) in [5, 5.41) is 2.12. The van der Waals surface area contributed by atoms with Crippen LogP contribution in [0.1, 0.15) is 24.2 Å². The summed E-state index contributed by atoms with van der Waals surface area (Å²) in [5.41, 5.74) is -0.506. The molecule has 0 aliphatic carbocycles. The van der Waals surface area contributed by atoms with Crippen LogP contribution in [0, 0.1) is 29.1 Å². The highest BCUT2D eigenvalue weighted by molar-refractivity contribution is 6.04. The normalized spacial score (nSPS) is 10.7. The summed E-state index contributed by atoms with van der Waals surface area (Å²) < 4.78 is 66.6. The molecule has 0 spiro atoms. The second-order valence-corrected chi connectivity index (χ2v) is 5.12. The van der Waals surface area contributed by atoms with Gasteiger partial charge in [0.15, 0.2) is 23.3 Å². The zero-order valence-corrected chi connectivity index (χ0v) is 13.5. The molecule has 0 heterocycles. The first-order chi connectivity index (χ1) is 11.8. The summed E-state index contributed by atoms with van der Waals surface area (Å²) in [5.74, 6) is -12.4. The van der Waals surface area contributed by atoms with Gasteiger partial charge in [-0.1, -0.05) is 0 Å². The van der Waals surface area contributed by atoms with Crippen LogP contribution < -0.4 is 10.2 Å². The molecular weight excluding hydrogens is 343 g/mol. The van der Waals surface area contributed by atoms with Gasteiger partial charge in [0, 0.05) is 24.5 Å². The predicted octanol–water partition coefficient (Wildman–Crippen LogP) is 4.48. The highest BCUT2D eigenvalue weighted by Gasteiger charge is 2.29. The van der Waals surface area contributed by atoms with Gasteiger partial charge in [-0.15, -0.1) is 0 Å². The average Bonchev–Trinajstić information content (AvgIpc) is 2.61. The van der Waals surface area contributed by atoms with Crippen molar-refractivity contribution < 1.29 is 26.7 Å². The van der Waals surface area contributed by atoms with E-state index in [9.17, 15) is 26.7 Å². The third-order valence-corrected chi connectivity index (χ3v) is 3.69. The summed E-state index contributed by atoms with van der Waals surface area (Å²) in [6.07, 6.45) is 0. The molecule has 0 aliphatic rings. The molecule has 0 fully saturated rings. The Bertz CT molecular complexity index is 760. The van der Waals surface area contributed by atoms with Gasteiger partial charge in [0.05, 0.1) is 0 Å². The first-order valence-corrected chi connectivity index (χ1v) is 7.49. The van der Waals surface area contributed by atoms with Crippen LogP contribution in [0.3, 0.4) is 0 Å². The summed E-state index contributed by atoms with van der Waals surface area (Å²) in [4.78, 5) is 14.0. The smallest absolute Gasteiger partial charge is 0.261 e. The second kappa shape index (κ2) is 7.50. The molecule has 25 heavy (non-hydrogen) atoms. The number of hydrogen-bond acceptors (Lipinski definition) is 2. The fourth-order valence-corrected chi connectivity index (χ4v) is 2.34. The summed E-state index contributed by atoms with van der Waals surface area (Å²) >= 11 is 0. The summed E-state index contributed by atoms with van der Waals surface area (Å²) in [6, 6.07) is 6.28. The van der Waals surface area contributed by atoms with Crippen LogP contribution in [0.15, 0.2) is 24.3 Å². The average molecular weight is 358 g/mol. The highest BCUT2D eigenvalue weighted by atomic mass is 19.2. The van der Waals surface area contributed by atoms with E-state index in [1.54, 1.807) is 12.1 Å². The quantitative estimate of drug-likeness (QED) is 0.486. The number of nitrogens with zero attached hydrogens (tertiary/aromatic N) is 1. The fourth-order valence-electron chi connectivity index (χ4n) is 2.34. The van der Waals surface area contributed by atoms with Gasteiger partial charge in [0.25, 0.3) is 5.91 Å². The monoisotopic (exact) mass is 358 g/mol. The molecule has 0 unspecified atom stereocenters. The van der Waals surface area contributed by atoms with Gasteiger partial charge in [0.1, 0.15) is 5.56 Å². The third-order valence-electron chi connectivity index (χ3n) is 3.69. The van der Waals surface area contributed by atoms with Gasteiger partial charge in [-0.25, -0.2) is 22.0 Å². The number of carbonyl (C=O) groups excluding carboxylic acids is 1. The molecule has 0 aliphatic heterocycles. The zero-order valence-electron chi connectivity index (χ0n) is 13.5. The van der Waals surface area contributed by atoms with Crippen LogP contribution in [0.5, 0.6) is 0 Å². The summed E-state index contributed by atoms with van der Waals surface area (Å²) in [7, 11) is 0. The van der Waals surface area contributed by atoms with Crippen molar-refractivity contribution in [3.63, 3.8) is 0 Å². The molecular formula is C17H15F5N2O. The van der Waals surface area contributed by atoms with Crippen LogP contribution in [-0.4, -0.2) is 19.0 Å². The molecule has 0 bridgehead atoms. The van der Waals surface area contributed by atoms with Gasteiger partial charge in [-0.2, -0.15) is 0 Å². The van der Waals surface area contributed by atoms with Crippen molar-refractivity contribution in [2.75, 3.05) is 23.3 Å². The molecule has 0 radical (unpaired) electrons. The van der Waals surface area contributed by atoms with Crippen molar-refractivity contribution in [2.45, 2.75) is 13.8 Å². The molecule has 0 atom stereocenters. The third kappa shape index (κ3) is 3.57. The number of rotatable bonds is 5. The van der Waals surface area contributed by atoms with E-state index in [2.05, 4.69) is 5.32 Å². The Labute approximate surface area is 141 Å². The van der Waals surface area contributed by atoms with Crippen LogP contribution in [0.2, 0.25) is 0 Å². The lowest BCUT2D eigenvalue weighted by atomic mass is 10.1. The molecule has 2 aromatic rings. The van der Waals surface area contributed by atoms with E-state index in [1.165, 1.54) is 12.1 Å². The maximum atomic E-state index is 13.6. The molecule has 2 aromatic carbocycles. The minimum atomic E-state index is -2.31. The molecule has 0 saturated carbocycles. The molecule has 3 nitrogen and oxygen atoms in total. The fraction of sp³-hybridized carbons (Fsp3) is 0.235. The number of amides is 1. The van der Waals surface area contributed by atoms with Crippen LogP contribution in [0.25, 0.3) is 0 Å². The van der Waals surface area contributed by atoms with Gasteiger partial charge in [-0.05, 0) is 38.1 Å². The number of benzene rings is 2. The molecule has 1 N–H and O–H groups in total. The molecule has 8 heteroatoms.